The third kappa shape index (κ3) is 2.69. The molecule has 6 nitrogen and oxygen atoms in total. The second kappa shape index (κ2) is 4.92. The lowest BCUT2D eigenvalue weighted by molar-refractivity contribution is 0.598. The van der Waals surface area contributed by atoms with Crippen molar-refractivity contribution in [1.29, 1.82) is 0 Å². The quantitative estimate of drug-likeness (QED) is 0.644. The van der Waals surface area contributed by atoms with Crippen molar-refractivity contribution in [3.63, 3.8) is 0 Å². The van der Waals surface area contributed by atoms with Crippen LogP contribution in [0.15, 0.2) is 58.2 Å². The minimum Gasteiger partial charge on any atom is -0.381 e. The van der Waals surface area contributed by atoms with Gasteiger partial charge >= 0.3 is 0 Å². The Labute approximate surface area is 104 Å². The zero-order valence-corrected chi connectivity index (χ0v) is 10.1. The van der Waals surface area contributed by atoms with Crippen LogP contribution < -0.4 is 5.73 Å². The van der Waals surface area contributed by atoms with Crippen LogP contribution in [0.2, 0.25) is 0 Å². The molecule has 0 aliphatic carbocycles. The first kappa shape index (κ1) is 12.2. The molecule has 2 rings (SSSR count). The average Bonchev–Trinajstić information content (AvgIpc) is 2.40. The zero-order valence-electron chi connectivity index (χ0n) is 9.26. The fourth-order valence-corrected chi connectivity index (χ4v) is 2.21. The summed E-state index contributed by atoms with van der Waals surface area (Å²) in [5.74, 6) is -0.188. The maximum atomic E-state index is 11.9. The molecule has 0 aliphatic heterocycles. The summed E-state index contributed by atoms with van der Waals surface area (Å²) in [6, 6.07) is 7.84. The Hall–Kier alpha value is -2.28. The third-order valence-corrected chi connectivity index (χ3v) is 3.39. The van der Waals surface area contributed by atoms with Crippen LogP contribution in [-0.2, 0) is 10.0 Å². The lowest BCUT2D eigenvalue weighted by atomic mass is 10.4. The van der Waals surface area contributed by atoms with Crippen molar-refractivity contribution in [2.24, 2.45) is 10.1 Å². The van der Waals surface area contributed by atoms with Crippen LogP contribution in [0.5, 0.6) is 0 Å². The second-order valence-corrected chi connectivity index (χ2v) is 4.96. The molecule has 0 radical (unpaired) electrons. The molecule has 0 amide bonds. The van der Waals surface area contributed by atoms with Crippen molar-refractivity contribution in [3.05, 3.63) is 54.6 Å². The van der Waals surface area contributed by atoms with Gasteiger partial charge in [0.05, 0.1) is 11.1 Å². The number of rotatable bonds is 3. The first-order valence-corrected chi connectivity index (χ1v) is 6.45. The normalized spacial score (nSPS) is 12.3. The fraction of sp³-hybridized carbons (Fsp3) is 0. The molecule has 0 spiro atoms. The zero-order chi connectivity index (χ0) is 13.0. The Morgan fingerprint density at radius 3 is 2.50 bits per heavy atom. The number of aromatic nitrogens is 2. The van der Waals surface area contributed by atoms with Gasteiger partial charge in [0, 0.05) is 12.4 Å². The molecule has 1 heterocycles. The Kier molecular flexibility index (Phi) is 3.33. The molecule has 0 aliphatic rings. The van der Waals surface area contributed by atoms with E-state index >= 15 is 0 Å². The maximum Gasteiger partial charge on any atom is 0.284 e. The standard InChI is InChI=1S/C11H10N4O2S/c12-11(10-8-13-6-7-14-10)15-18(16,17)9-4-2-1-3-5-9/h1-8H,(H2,12,15). The number of nitrogens with zero attached hydrogens (tertiary/aromatic N) is 3. The summed E-state index contributed by atoms with van der Waals surface area (Å²) in [7, 11) is -3.81. The lowest BCUT2D eigenvalue weighted by Gasteiger charge is -2.00. The van der Waals surface area contributed by atoms with Gasteiger partial charge in [-0.1, -0.05) is 18.2 Å². The number of nitrogens with two attached hydrogens (primary N) is 1. The number of hydrogen-bond acceptors (Lipinski definition) is 4. The van der Waals surface area contributed by atoms with Gasteiger partial charge in [-0.25, -0.2) is 4.98 Å². The Morgan fingerprint density at radius 2 is 1.89 bits per heavy atom. The minimum atomic E-state index is -3.81. The largest absolute Gasteiger partial charge is 0.381 e. The molecule has 7 heteroatoms. The SMILES string of the molecule is NC(=NS(=O)(=O)c1ccccc1)c1cnccn1. The molecule has 1 aromatic carbocycles. The van der Waals surface area contributed by atoms with Crippen LogP contribution >= 0.6 is 0 Å². The monoisotopic (exact) mass is 262 g/mol. The van der Waals surface area contributed by atoms with Gasteiger partial charge < -0.3 is 5.73 Å². The highest BCUT2D eigenvalue weighted by Crippen LogP contribution is 2.11. The average molecular weight is 262 g/mol. The van der Waals surface area contributed by atoms with E-state index in [-0.39, 0.29) is 16.4 Å². The van der Waals surface area contributed by atoms with Crippen molar-refractivity contribution in [2.45, 2.75) is 4.90 Å². The molecule has 0 fully saturated rings. The van der Waals surface area contributed by atoms with Crippen LogP contribution in [0, 0.1) is 0 Å². The van der Waals surface area contributed by atoms with E-state index in [9.17, 15) is 8.42 Å². The van der Waals surface area contributed by atoms with Crippen molar-refractivity contribution >= 4 is 15.9 Å². The minimum absolute atomic E-state index is 0.0804. The van der Waals surface area contributed by atoms with Gasteiger partial charge in [0.1, 0.15) is 5.69 Å². The van der Waals surface area contributed by atoms with Gasteiger partial charge in [0.2, 0.25) is 0 Å². The summed E-state index contributed by atoms with van der Waals surface area (Å²) in [5.41, 5.74) is 5.81. The van der Waals surface area contributed by atoms with Gasteiger partial charge in [0.25, 0.3) is 10.0 Å². The number of amidine groups is 1. The van der Waals surface area contributed by atoms with Crippen LogP contribution in [0.4, 0.5) is 0 Å². The number of hydrogen-bond donors (Lipinski definition) is 1. The van der Waals surface area contributed by atoms with Crippen LogP contribution in [-0.4, -0.2) is 24.2 Å². The third-order valence-electron chi connectivity index (χ3n) is 2.09. The number of sulfonamides is 1. The van der Waals surface area contributed by atoms with E-state index in [1.54, 1.807) is 18.2 Å². The molecule has 2 aromatic rings. The van der Waals surface area contributed by atoms with E-state index in [0.29, 0.717) is 0 Å². The lowest BCUT2D eigenvalue weighted by Crippen LogP contribution is -2.17. The van der Waals surface area contributed by atoms with E-state index in [4.69, 9.17) is 5.73 Å². The molecule has 0 atom stereocenters. The Bertz CT molecular complexity index is 654. The van der Waals surface area contributed by atoms with E-state index in [0.717, 1.165) is 0 Å². The van der Waals surface area contributed by atoms with Crippen LogP contribution in [0.1, 0.15) is 5.69 Å². The summed E-state index contributed by atoms with van der Waals surface area (Å²) in [4.78, 5) is 7.74. The molecule has 0 bridgehead atoms. The van der Waals surface area contributed by atoms with Gasteiger partial charge in [-0.05, 0) is 12.1 Å². The summed E-state index contributed by atoms with van der Waals surface area (Å²) in [5, 5.41) is 0. The molecule has 0 unspecified atom stereocenters. The summed E-state index contributed by atoms with van der Waals surface area (Å²) in [6.07, 6.45) is 4.22. The second-order valence-electron chi connectivity index (χ2n) is 3.36. The van der Waals surface area contributed by atoms with E-state index in [1.165, 1.54) is 30.7 Å². The molecular formula is C11H10N4O2S. The highest BCUT2D eigenvalue weighted by Gasteiger charge is 2.13. The van der Waals surface area contributed by atoms with Crippen LogP contribution in [0.3, 0.4) is 0 Å². The topological polar surface area (TPSA) is 98.3 Å². The van der Waals surface area contributed by atoms with Gasteiger partial charge in [-0.2, -0.15) is 8.42 Å². The first-order chi connectivity index (χ1) is 8.59. The van der Waals surface area contributed by atoms with E-state index < -0.39 is 10.0 Å². The Balaban J connectivity index is 2.39. The van der Waals surface area contributed by atoms with Crippen molar-refractivity contribution in [1.82, 2.24) is 9.97 Å². The van der Waals surface area contributed by atoms with Gasteiger partial charge in [-0.15, -0.1) is 4.40 Å². The highest BCUT2D eigenvalue weighted by molar-refractivity contribution is 7.90. The maximum absolute atomic E-state index is 11.9. The predicted octanol–water partition coefficient (Wildman–Crippen LogP) is 0.571. The van der Waals surface area contributed by atoms with Gasteiger partial charge in [-0.3, -0.25) is 4.98 Å². The molecular weight excluding hydrogens is 252 g/mol. The predicted molar refractivity (Wildman–Crippen MR) is 66.4 cm³/mol. The van der Waals surface area contributed by atoms with Crippen molar-refractivity contribution in [2.75, 3.05) is 0 Å². The summed E-state index contributed by atoms with van der Waals surface area (Å²) in [6.45, 7) is 0. The van der Waals surface area contributed by atoms with Gasteiger partial charge in [0.15, 0.2) is 5.84 Å². The van der Waals surface area contributed by atoms with Crippen LogP contribution in [0.25, 0.3) is 0 Å². The molecule has 1 aromatic heterocycles. The first-order valence-electron chi connectivity index (χ1n) is 5.01. The van der Waals surface area contributed by atoms with Crippen molar-refractivity contribution < 1.29 is 8.42 Å². The molecule has 0 saturated carbocycles. The molecule has 2 N–H and O–H groups in total. The molecule has 18 heavy (non-hydrogen) atoms. The fourth-order valence-electron chi connectivity index (χ4n) is 1.25. The van der Waals surface area contributed by atoms with E-state index in [1.807, 2.05) is 0 Å². The summed E-state index contributed by atoms with van der Waals surface area (Å²) < 4.78 is 27.3. The molecule has 92 valence electrons. The Morgan fingerprint density at radius 1 is 1.17 bits per heavy atom. The number of benzene rings is 1. The summed E-state index contributed by atoms with van der Waals surface area (Å²) >= 11 is 0. The smallest absolute Gasteiger partial charge is 0.284 e. The van der Waals surface area contributed by atoms with Crippen molar-refractivity contribution in [3.8, 4) is 0 Å². The molecule has 0 saturated heterocycles. The van der Waals surface area contributed by atoms with E-state index in [2.05, 4.69) is 14.4 Å². The highest BCUT2D eigenvalue weighted by atomic mass is 32.2.